The fourth-order valence-corrected chi connectivity index (χ4v) is 2.18. The summed E-state index contributed by atoms with van der Waals surface area (Å²) < 4.78 is 0. The van der Waals surface area contributed by atoms with Crippen LogP contribution in [0.1, 0.15) is 28.2 Å². The summed E-state index contributed by atoms with van der Waals surface area (Å²) in [5, 5.41) is 12.3. The monoisotopic (exact) mass is 320 g/mol. The first-order chi connectivity index (χ1) is 10.5. The molecule has 3 N–H and O–H groups in total. The van der Waals surface area contributed by atoms with Gasteiger partial charge < -0.3 is 10.6 Å². The van der Waals surface area contributed by atoms with E-state index in [1.54, 1.807) is 31.2 Å². The molecule has 0 bridgehead atoms. The van der Waals surface area contributed by atoms with Gasteiger partial charge in [0, 0.05) is 12.3 Å². The quantitative estimate of drug-likeness (QED) is 0.740. The lowest BCUT2D eigenvalue weighted by atomic mass is 10.1. The number of anilines is 2. The molecule has 0 aliphatic heterocycles. The van der Waals surface area contributed by atoms with Gasteiger partial charge in [0.2, 0.25) is 5.91 Å². The van der Waals surface area contributed by atoms with Gasteiger partial charge in [0.1, 0.15) is 0 Å². The number of rotatable bonds is 5. The molecule has 7 heteroatoms. The minimum Gasteiger partial charge on any atom is -0.325 e. The third kappa shape index (κ3) is 3.65. The number of alkyl halides is 1. The second kappa shape index (κ2) is 7.09. The van der Waals surface area contributed by atoms with E-state index in [4.69, 9.17) is 11.6 Å². The Labute approximate surface area is 133 Å². The van der Waals surface area contributed by atoms with Crippen molar-refractivity contribution in [1.29, 1.82) is 0 Å². The second-order valence-corrected chi connectivity index (χ2v) is 5.17. The van der Waals surface area contributed by atoms with E-state index in [2.05, 4.69) is 20.8 Å². The molecule has 0 saturated heterocycles. The highest BCUT2D eigenvalue weighted by Gasteiger charge is 2.16. The standard InChI is InChI=1S/C15H17ClN4O2/c1-9-14(10(2)20-19-9)18-15(22)11-5-3-4-6-12(11)17-13(21)7-8-16/h3-6H,7-8H2,1-2H3,(H,17,21)(H,18,22)(H,19,20). The molecule has 0 radical (unpaired) electrons. The first-order valence-corrected chi connectivity index (χ1v) is 7.34. The number of nitrogens with zero attached hydrogens (tertiary/aromatic N) is 1. The lowest BCUT2D eigenvalue weighted by Crippen LogP contribution is -2.18. The minimum absolute atomic E-state index is 0.192. The Kier molecular flexibility index (Phi) is 5.16. The largest absolute Gasteiger partial charge is 0.325 e. The predicted octanol–water partition coefficient (Wildman–Crippen LogP) is 2.85. The number of aromatic nitrogens is 2. The summed E-state index contributed by atoms with van der Waals surface area (Å²) in [5.41, 5.74) is 2.95. The number of aryl methyl sites for hydroxylation is 2. The van der Waals surface area contributed by atoms with Crippen molar-refractivity contribution in [3.05, 3.63) is 41.2 Å². The first kappa shape index (κ1) is 16.0. The molecule has 0 saturated carbocycles. The van der Waals surface area contributed by atoms with Crippen molar-refractivity contribution in [3.63, 3.8) is 0 Å². The van der Waals surface area contributed by atoms with Crippen LogP contribution in [0, 0.1) is 13.8 Å². The maximum Gasteiger partial charge on any atom is 0.257 e. The number of H-pyrrole nitrogens is 1. The summed E-state index contributed by atoms with van der Waals surface area (Å²) in [7, 11) is 0. The van der Waals surface area contributed by atoms with Gasteiger partial charge in [-0.1, -0.05) is 12.1 Å². The molecule has 6 nitrogen and oxygen atoms in total. The predicted molar refractivity (Wildman–Crippen MR) is 86.4 cm³/mol. The van der Waals surface area contributed by atoms with Crippen LogP contribution in [-0.4, -0.2) is 27.9 Å². The first-order valence-electron chi connectivity index (χ1n) is 6.80. The Bertz CT molecular complexity index is 677. The smallest absolute Gasteiger partial charge is 0.257 e. The summed E-state index contributed by atoms with van der Waals surface area (Å²) in [6, 6.07) is 6.81. The second-order valence-electron chi connectivity index (χ2n) is 4.80. The summed E-state index contributed by atoms with van der Waals surface area (Å²) in [4.78, 5) is 24.1. The normalized spacial score (nSPS) is 10.3. The third-order valence-electron chi connectivity index (χ3n) is 3.13. The number of hydrogen-bond acceptors (Lipinski definition) is 3. The van der Waals surface area contributed by atoms with E-state index < -0.39 is 0 Å². The van der Waals surface area contributed by atoms with Crippen LogP contribution in [-0.2, 0) is 4.79 Å². The molecule has 0 aliphatic rings. The Morgan fingerprint density at radius 3 is 2.59 bits per heavy atom. The van der Waals surface area contributed by atoms with Gasteiger partial charge in [0.25, 0.3) is 5.91 Å². The molecule has 0 spiro atoms. The van der Waals surface area contributed by atoms with Gasteiger partial charge in [-0.15, -0.1) is 11.6 Å². The molecule has 0 unspecified atom stereocenters. The van der Waals surface area contributed by atoms with E-state index in [0.717, 1.165) is 5.69 Å². The van der Waals surface area contributed by atoms with Gasteiger partial charge in [-0.05, 0) is 26.0 Å². The number of hydrogen-bond donors (Lipinski definition) is 3. The molecule has 22 heavy (non-hydrogen) atoms. The molecule has 0 atom stereocenters. The Morgan fingerprint density at radius 1 is 1.23 bits per heavy atom. The van der Waals surface area contributed by atoms with Crippen LogP contribution in [0.5, 0.6) is 0 Å². The Morgan fingerprint density at radius 2 is 1.95 bits per heavy atom. The van der Waals surface area contributed by atoms with Crippen molar-refractivity contribution in [2.24, 2.45) is 0 Å². The molecule has 1 aromatic carbocycles. The summed E-state index contributed by atoms with van der Waals surface area (Å²) in [6.45, 7) is 3.62. The van der Waals surface area contributed by atoms with Crippen LogP contribution in [0.3, 0.4) is 0 Å². The number of amides is 2. The molecule has 0 aliphatic carbocycles. The van der Waals surface area contributed by atoms with Crippen LogP contribution >= 0.6 is 11.6 Å². The number of carbonyl (C=O) groups is 2. The van der Waals surface area contributed by atoms with Gasteiger partial charge in [-0.2, -0.15) is 5.10 Å². The fourth-order valence-electron chi connectivity index (χ4n) is 2.00. The van der Waals surface area contributed by atoms with E-state index in [1.165, 1.54) is 0 Å². The molecule has 116 valence electrons. The van der Waals surface area contributed by atoms with E-state index in [-0.39, 0.29) is 24.1 Å². The number of carbonyl (C=O) groups excluding carboxylic acids is 2. The molecule has 2 rings (SSSR count). The Balaban J connectivity index is 2.21. The number of aromatic amines is 1. The zero-order chi connectivity index (χ0) is 16.1. The third-order valence-corrected chi connectivity index (χ3v) is 3.32. The molecule has 1 aromatic heterocycles. The Hall–Kier alpha value is -2.34. The summed E-state index contributed by atoms with van der Waals surface area (Å²) in [5.74, 6) is -0.312. The van der Waals surface area contributed by atoms with Crippen molar-refractivity contribution < 1.29 is 9.59 Å². The average Bonchev–Trinajstić information content (AvgIpc) is 2.80. The van der Waals surface area contributed by atoms with Crippen molar-refractivity contribution in [3.8, 4) is 0 Å². The zero-order valence-corrected chi connectivity index (χ0v) is 13.1. The van der Waals surface area contributed by atoms with Gasteiger partial charge in [-0.25, -0.2) is 0 Å². The van der Waals surface area contributed by atoms with Gasteiger partial charge >= 0.3 is 0 Å². The van der Waals surface area contributed by atoms with Crippen LogP contribution < -0.4 is 10.6 Å². The molecule has 1 heterocycles. The van der Waals surface area contributed by atoms with Crippen LogP contribution in [0.2, 0.25) is 0 Å². The number of halogens is 1. The fraction of sp³-hybridized carbons (Fsp3) is 0.267. The molecule has 2 amide bonds. The van der Waals surface area contributed by atoms with E-state index in [1.807, 2.05) is 6.92 Å². The maximum atomic E-state index is 12.4. The number of nitrogens with one attached hydrogen (secondary N) is 3. The van der Waals surface area contributed by atoms with Crippen LogP contribution in [0.4, 0.5) is 11.4 Å². The highest BCUT2D eigenvalue weighted by Crippen LogP contribution is 2.20. The van der Waals surface area contributed by atoms with Crippen LogP contribution in [0.15, 0.2) is 24.3 Å². The molecule has 0 fully saturated rings. The molecule has 2 aromatic rings. The number of para-hydroxylation sites is 1. The summed E-state index contributed by atoms with van der Waals surface area (Å²) >= 11 is 5.54. The van der Waals surface area contributed by atoms with Crippen LogP contribution in [0.25, 0.3) is 0 Å². The molecular formula is C15H17ClN4O2. The zero-order valence-electron chi connectivity index (χ0n) is 12.4. The topological polar surface area (TPSA) is 86.9 Å². The maximum absolute atomic E-state index is 12.4. The van der Waals surface area contributed by atoms with Crippen molar-refractivity contribution >= 4 is 34.8 Å². The summed E-state index contributed by atoms with van der Waals surface area (Å²) in [6.07, 6.45) is 0.192. The average molecular weight is 321 g/mol. The van der Waals surface area contributed by atoms with Crippen molar-refractivity contribution in [1.82, 2.24) is 10.2 Å². The van der Waals surface area contributed by atoms with E-state index in [0.29, 0.717) is 22.6 Å². The van der Waals surface area contributed by atoms with Crippen molar-refractivity contribution in [2.45, 2.75) is 20.3 Å². The number of benzene rings is 1. The van der Waals surface area contributed by atoms with Crippen molar-refractivity contribution in [2.75, 3.05) is 16.5 Å². The minimum atomic E-state index is -0.311. The highest BCUT2D eigenvalue weighted by atomic mass is 35.5. The van der Waals surface area contributed by atoms with Gasteiger partial charge in [0.05, 0.1) is 28.3 Å². The SMILES string of the molecule is Cc1n[nH]c(C)c1NC(=O)c1ccccc1NC(=O)CCCl. The van der Waals surface area contributed by atoms with Gasteiger partial charge in [-0.3, -0.25) is 14.7 Å². The highest BCUT2D eigenvalue weighted by molar-refractivity contribution is 6.19. The van der Waals surface area contributed by atoms with Gasteiger partial charge in [0.15, 0.2) is 0 Å². The van der Waals surface area contributed by atoms with E-state index in [9.17, 15) is 9.59 Å². The molecular weight excluding hydrogens is 304 g/mol. The lowest BCUT2D eigenvalue weighted by Gasteiger charge is -2.11. The lowest BCUT2D eigenvalue weighted by molar-refractivity contribution is -0.115. The van der Waals surface area contributed by atoms with E-state index >= 15 is 0 Å².